The summed E-state index contributed by atoms with van der Waals surface area (Å²) >= 11 is 6.26. The molecule has 6 heteroatoms. The van der Waals surface area contributed by atoms with Crippen molar-refractivity contribution in [2.45, 2.75) is 31.2 Å². The lowest BCUT2D eigenvalue weighted by molar-refractivity contribution is 0.166. The third-order valence-electron chi connectivity index (χ3n) is 3.91. The van der Waals surface area contributed by atoms with Gasteiger partial charge in [0.15, 0.2) is 11.5 Å². The molecule has 1 aliphatic carbocycles. The van der Waals surface area contributed by atoms with E-state index in [0.717, 1.165) is 12.8 Å². The lowest BCUT2D eigenvalue weighted by Gasteiger charge is -2.30. The zero-order valence-corrected chi connectivity index (χ0v) is 11.6. The molecule has 0 radical (unpaired) electrons. The van der Waals surface area contributed by atoms with Crippen LogP contribution in [-0.2, 0) is 10.3 Å². The summed E-state index contributed by atoms with van der Waals surface area (Å²) in [6.07, 6.45) is 4.88. The summed E-state index contributed by atoms with van der Waals surface area (Å²) in [4.78, 5) is 14.8. The van der Waals surface area contributed by atoms with Gasteiger partial charge in [-0.25, -0.2) is 4.79 Å². The molecular formula is C14H14ClNO4. The van der Waals surface area contributed by atoms with Gasteiger partial charge in [0.2, 0.25) is 6.08 Å². The lowest BCUT2D eigenvalue weighted by atomic mass is 9.87. The van der Waals surface area contributed by atoms with Crippen molar-refractivity contribution in [1.82, 2.24) is 0 Å². The number of fused-ring (bicyclic) bond motifs is 1. The summed E-state index contributed by atoms with van der Waals surface area (Å²) in [7, 11) is 0. The van der Waals surface area contributed by atoms with Crippen molar-refractivity contribution in [3.8, 4) is 17.2 Å². The summed E-state index contributed by atoms with van der Waals surface area (Å²) in [5.41, 5.74) is -0.211. The summed E-state index contributed by atoms with van der Waals surface area (Å²) in [5, 5.41) is 10.2. The Labute approximate surface area is 121 Å². The minimum absolute atomic E-state index is 0.0849. The third kappa shape index (κ3) is 1.94. The monoisotopic (exact) mass is 295 g/mol. The first-order valence-corrected chi connectivity index (χ1v) is 6.96. The molecule has 1 aromatic carbocycles. The van der Waals surface area contributed by atoms with Crippen molar-refractivity contribution < 1.29 is 19.4 Å². The molecule has 1 aliphatic heterocycles. The fourth-order valence-electron chi connectivity index (χ4n) is 3.03. The molecule has 5 nitrogen and oxygen atoms in total. The number of carbonyl (C=O) groups excluding carboxylic acids is 1. The first-order chi connectivity index (χ1) is 9.68. The van der Waals surface area contributed by atoms with E-state index in [1.165, 1.54) is 6.07 Å². The van der Waals surface area contributed by atoms with E-state index in [1.807, 2.05) is 0 Å². The third-order valence-corrected chi connectivity index (χ3v) is 4.29. The maximum Gasteiger partial charge on any atom is 0.235 e. The molecule has 0 spiro atoms. The Morgan fingerprint density at radius 1 is 1.30 bits per heavy atom. The van der Waals surface area contributed by atoms with E-state index in [1.54, 1.807) is 6.08 Å². The van der Waals surface area contributed by atoms with Crippen LogP contribution in [0.4, 0.5) is 0 Å². The van der Waals surface area contributed by atoms with Gasteiger partial charge in [0.1, 0.15) is 24.5 Å². The van der Waals surface area contributed by atoms with Gasteiger partial charge in [0.05, 0.1) is 5.02 Å². The highest BCUT2D eigenvalue weighted by atomic mass is 35.5. The molecule has 0 amide bonds. The number of aliphatic imine (C=N–C) groups is 1. The topological polar surface area (TPSA) is 68.1 Å². The summed E-state index contributed by atoms with van der Waals surface area (Å²) < 4.78 is 11.2. The Balaban J connectivity index is 2.26. The zero-order chi connectivity index (χ0) is 14.2. The zero-order valence-electron chi connectivity index (χ0n) is 10.8. The number of ether oxygens (including phenoxy) is 2. The average molecular weight is 296 g/mol. The maximum atomic E-state index is 10.8. The summed E-state index contributed by atoms with van der Waals surface area (Å²) in [6, 6.07) is 1.44. The molecule has 0 unspecified atom stereocenters. The highest BCUT2D eigenvalue weighted by Crippen LogP contribution is 2.54. The van der Waals surface area contributed by atoms with Gasteiger partial charge in [-0.3, -0.25) is 0 Å². The van der Waals surface area contributed by atoms with Gasteiger partial charge in [0, 0.05) is 11.6 Å². The minimum atomic E-state index is -0.762. The van der Waals surface area contributed by atoms with Crippen molar-refractivity contribution in [1.29, 1.82) is 0 Å². The molecule has 0 atom stereocenters. The van der Waals surface area contributed by atoms with Crippen LogP contribution in [0.25, 0.3) is 0 Å². The molecule has 0 saturated heterocycles. The number of aromatic hydroxyl groups is 1. The number of benzene rings is 1. The van der Waals surface area contributed by atoms with Crippen LogP contribution in [0.2, 0.25) is 5.02 Å². The smallest absolute Gasteiger partial charge is 0.235 e. The Morgan fingerprint density at radius 2 is 2.00 bits per heavy atom. The van der Waals surface area contributed by atoms with E-state index in [4.69, 9.17) is 21.1 Å². The van der Waals surface area contributed by atoms with Crippen molar-refractivity contribution in [3.63, 3.8) is 0 Å². The van der Waals surface area contributed by atoms with Crippen LogP contribution in [0.3, 0.4) is 0 Å². The van der Waals surface area contributed by atoms with Crippen LogP contribution in [0.15, 0.2) is 11.1 Å². The number of nitrogens with zero attached hydrogens (tertiary/aromatic N) is 1. The van der Waals surface area contributed by atoms with E-state index < -0.39 is 5.54 Å². The number of phenolic OH excluding ortho intramolecular Hbond substituents is 1. The second-order valence-electron chi connectivity index (χ2n) is 5.05. The fourth-order valence-corrected chi connectivity index (χ4v) is 3.35. The van der Waals surface area contributed by atoms with Crippen LogP contribution < -0.4 is 9.47 Å². The van der Waals surface area contributed by atoms with E-state index in [0.29, 0.717) is 43.1 Å². The highest BCUT2D eigenvalue weighted by molar-refractivity contribution is 6.33. The van der Waals surface area contributed by atoms with Gasteiger partial charge < -0.3 is 14.6 Å². The fraction of sp³-hybridized carbons (Fsp3) is 0.500. The van der Waals surface area contributed by atoms with Crippen LogP contribution in [-0.4, -0.2) is 24.4 Å². The van der Waals surface area contributed by atoms with Gasteiger partial charge in [0.25, 0.3) is 0 Å². The highest BCUT2D eigenvalue weighted by Gasteiger charge is 2.42. The number of phenols is 1. The molecule has 0 aromatic heterocycles. The molecule has 1 heterocycles. The van der Waals surface area contributed by atoms with Crippen molar-refractivity contribution in [3.05, 3.63) is 16.7 Å². The van der Waals surface area contributed by atoms with Crippen molar-refractivity contribution >= 4 is 17.7 Å². The quantitative estimate of drug-likeness (QED) is 0.673. The maximum absolute atomic E-state index is 10.8. The molecule has 1 aromatic rings. The summed E-state index contributed by atoms with van der Waals surface area (Å²) in [5.74, 6) is 0.846. The average Bonchev–Trinajstić information content (AvgIpc) is 2.90. The van der Waals surface area contributed by atoms with E-state index in [2.05, 4.69) is 4.99 Å². The lowest BCUT2D eigenvalue weighted by Crippen LogP contribution is -2.24. The number of hydrogen-bond acceptors (Lipinski definition) is 5. The van der Waals surface area contributed by atoms with Crippen LogP contribution in [0.1, 0.15) is 31.2 Å². The molecule has 20 heavy (non-hydrogen) atoms. The Morgan fingerprint density at radius 3 is 2.70 bits per heavy atom. The SMILES string of the molecule is O=C=NC1(c2c(Cl)c(O)cc3c2OCCO3)CCCC1. The Kier molecular flexibility index (Phi) is 3.32. The van der Waals surface area contributed by atoms with Crippen LogP contribution in [0.5, 0.6) is 17.2 Å². The predicted octanol–water partition coefficient (Wildman–Crippen LogP) is 2.92. The number of rotatable bonds is 2. The molecule has 1 N–H and O–H groups in total. The molecule has 0 bridgehead atoms. The molecule has 1 saturated carbocycles. The molecule has 3 rings (SSSR count). The number of halogens is 1. The first-order valence-electron chi connectivity index (χ1n) is 6.58. The van der Waals surface area contributed by atoms with Gasteiger partial charge in [-0.2, -0.15) is 4.99 Å². The van der Waals surface area contributed by atoms with Crippen molar-refractivity contribution in [2.24, 2.45) is 4.99 Å². The predicted molar refractivity (Wildman–Crippen MR) is 72.4 cm³/mol. The van der Waals surface area contributed by atoms with Crippen molar-refractivity contribution in [2.75, 3.05) is 13.2 Å². The van der Waals surface area contributed by atoms with Gasteiger partial charge in [-0.15, -0.1) is 0 Å². The van der Waals surface area contributed by atoms with E-state index in [-0.39, 0.29) is 10.8 Å². The van der Waals surface area contributed by atoms with Crippen LogP contribution in [0, 0.1) is 0 Å². The molecule has 1 fully saturated rings. The largest absolute Gasteiger partial charge is 0.506 e. The van der Waals surface area contributed by atoms with Crippen LogP contribution >= 0.6 is 11.6 Å². The standard InChI is InChI=1S/C14H14ClNO4/c15-12-9(18)7-10-13(20-6-5-19-10)11(12)14(16-8-17)3-1-2-4-14/h7,18H,1-6H2. The number of isocyanates is 1. The summed E-state index contributed by atoms with van der Waals surface area (Å²) in [6.45, 7) is 0.819. The molecule has 106 valence electrons. The van der Waals surface area contributed by atoms with Gasteiger partial charge in [-0.1, -0.05) is 24.4 Å². The number of hydrogen-bond donors (Lipinski definition) is 1. The minimum Gasteiger partial charge on any atom is -0.506 e. The Bertz CT molecular complexity index is 589. The molecule has 2 aliphatic rings. The first kappa shape index (κ1) is 13.3. The van der Waals surface area contributed by atoms with E-state index >= 15 is 0 Å². The molecular weight excluding hydrogens is 282 g/mol. The second-order valence-corrected chi connectivity index (χ2v) is 5.43. The van der Waals surface area contributed by atoms with E-state index in [9.17, 15) is 9.90 Å². The second kappa shape index (κ2) is 5.00. The normalized spacial score (nSPS) is 19.4. The van der Waals surface area contributed by atoms with Gasteiger partial charge >= 0.3 is 0 Å². The Hall–Kier alpha value is -1.71. The van der Waals surface area contributed by atoms with Gasteiger partial charge in [-0.05, 0) is 12.8 Å².